The first-order valence-electron chi connectivity index (χ1n) is 9.85. The molecular weight excluding hydrogens is 354 g/mol. The molecule has 0 bridgehead atoms. The maximum atomic E-state index is 6.13. The Morgan fingerprint density at radius 3 is 1.89 bits per heavy atom. The van der Waals surface area contributed by atoms with E-state index in [1.807, 2.05) is 67.5 Å². The fourth-order valence-electron chi connectivity index (χ4n) is 3.10. The molecule has 0 aromatic carbocycles. The second kappa shape index (κ2) is 6.96. The van der Waals surface area contributed by atoms with Crippen LogP contribution in [0.1, 0.15) is 61.0 Å². The van der Waals surface area contributed by atoms with E-state index in [9.17, 15) is 0 Å². The van der Waals surface area contributed by atoms with Crippen molar-refractivity contribution >= 4 is 25.8 Å². The Bertz CT molecular complexity index is 745. The van der Waals surface area contributed by atoms with Gasteiger partial charge in [-0.2, -0.15) is 0 Å². The van der Waals surface area contributed by atoms with Gasteiger partial charge in [-0.25, -0.2) is 0 Å². The summed E-state index contributed by atoms with van der Waals surface area (Å²) in [6.45, 7) is 16.6. The Hall–Kier alpha value is -1.18. The summed E-state index contributed by atoms with van der Waals surface area (Å²) in [5.74, 6) is 0. The minimum absolute atomic E-state index is 0.331. The van der Waals surface area contributed by atoms with Crippen LogP contribution in [0, 0.1) is 0 Å². The van der Waals surface area contributed by atoms with Gasteiger partial charge in [0.05, 0.1) is 22.4 Å². The van der Waals surface area contributed by atoms with Crippen LogP contribution in [0.5, 0.6) is 0 Å². The van der Waals surface area contributed by atoms with Gasteiger partial charge in [0.2, 0.25) is 0 Å². The third kappa shape index (κ3) is 3.81. The third-order valence-corrected chi connectivity index (χ3v) is 6.45. The summed E-state index contributed by atoms with van der Waals surface area (Å²) in [5.41, 5.74) is 7.05. The second-order valence-corrected chi connectivity index (χ2v) is 9.65. The SMILES string of the molecule is CC1(C)OB(C(=Cc2cncc(B3OC(C)(C)C(C)(C)O3)c2)CN)OC1(C)C. The van der Waals surface area contributed by atoms with E-state index in [-0.39, 0.29) is 0 Å². The number of aromatic nitrogens is 1. The monoisotopic (exact) mass is 386 g/mol. The molecule has 2 fully saturated rings. The minimum atomic E-state index is -0.476. The van der Waals surface area contributed by atoms with Crippen LogP contribution in [0.2, 0.25) is 0 Å². The van der Waals surface area contributed by atoms with E-state index in [4.69, 9.17) is 24.4 Å². The van der Waals surface area contributed by atoms with Crippen LogP contribution < -0.4 is 11.2 Å². The lowest BCUT2D eigenvalue weighted by Gasteiger charge is -2.32. The predicted octanol–water partition coefficient (Wildman–Crippen LogP) is 2.35. The van der Waals surface area contributed by atoms with E-state index >= 15 is 0 Å². The van der Waals surface area contributed by atoms with Gasteiger partial charge in [0.1, 0.15) is 0 Å². The smallest absolute Gasteiger partial charge is 0.400 e. The molecule has 0 aliphatic carbocycles. The van der Waals surface area contributed by atoms with Gasteiger partial charge in [0.25, 0.3) is 0 Å². The molecule has 0 spiro atoms. The van der Waals surface area contributed by atoms with Crippen molar-refractivity contribution in [2.75, 3.05) is 6.54 Å². The number of hydrogen-bond acceptors (Lipinski definition) is 6. The molecule has 28 heavy (non-hydrogen) atoms. The molecule has 8 heteroatoms. The van der Waals surface area contributed by atoms with E-state index < -0.39 is 36.6 Å². The van der Waals surface area contributed by atoms with Crippen molar-refractivity contribution in [2.24, 2.45) is 5.73 Å². The zero-order chi connectivity index (χ0) is 21.0. The topological polar surface area (TPSA) is 75.8 Å². The Kier molecular flexibility index (Phi) is 5.35. The highest BCUT2D eigenvalue weighted by Crippen LogP contribution is 2.39. The van der Waals surface area contributed by atoms with Crippen LogP contribution in [0.3, 0.4) is 0 Å². The zero-order valence-corrected chi connectivity index (χ0v) is 18.3. The fourth-order valence-corrected chi connectivity index (χ4v) is 3.10. The van der Waals surface area contributed by atoms with Gasteiger partial charge in [-0.1, -0.05) is 12.1 Å². The lowest BCUT2D eigenvalue weighted by molar-refractivity contribution is 0.00578. The van der Waals surface area contributed by atoms with Crippen molar-refractivity contribution < 1.29 is 18.6 Å². The molecule has 2 saturated heterocycles. The van der Waals surface area contributed by atoms with E-state index in [1.54, 1.807) is 12.4 Å². The van der Waals surface area contributed by atoms with Gasteiger partial charge in [0.15, 0.2) is 0 Å². The normalized spacial score (nSPS) is 25.4. The Morgan fingerprint density at radius 2 is 1.39 bits per heavy atom. The average molecular weight is 386 g/mol. The molecule has 3 heterocycles. The summed E-state index contributed by atoms with van der Waals surface area (Å²) >= 11 is 0. The van der Waals surface area contributed by atoms with Crippen molar-refractivity contribution in [2.45, 2.75) is 77.8 Å². The Morgan fingerprint density at radius 1 is 0.893 bits per heavy atom. The summed E-state index contributed by atoms with van der Waals surface area (Å²) in [5, 5.41) is 0. The van der Waals surface area contributed by atoms with Crippen LogP contribution >= 0.6 is 0 Å². The molecule has 1 aromatic heterocycles. The number of pyridine rings is 1. The van der Waals surface area contributed by atoms with Gasteiger partial charge in [-0.15, -0.1) is 0 Å². The van der Waals surface area contributed by atoms with Crippen molar-refractivity contribution in [3.05, 3.63) is 29.5 Å². The number of nitrogens with zero attached hydrogens (tertiary/aromatic N) is 1. The van der Waals surface area contributed by atoms with E-state index in [1.165, 1.54) is 0 Å². The molecule has 0 amide bonds. The van der Waals surface area contributed by atoms with Gasteiger partial charge < -0.3 is 24.4 Å². The van der Waals surface area contributed by atoms with Crippen LogP contribution in [0.15, 0.2) is 23.9 Å². The molecule has 2 aliphatic rings. The molecule has 3 rings (SSSR count). The Labute approximate surface area is 169 Å². The zero-order valence-electron chi connectivity index (χ0n) is 18.3. The van der Waals surface area contributed by atoms with Gasteiger partial charge >= 0.3 is 14.2 Å². The van der Waals surface area contributed by atoms with E-state index in [2.05, 4.69) is 4.98 Å². The first-order chi connectivity index (χ1) is 12.8. The van der Waals surface area contributed by atoms with Crippen LogP contribution in [0.4, 0.5) is 0 Å². The summed E-state index contributed by atoms with van der Waals surface area (Å²) in [6, 6.07) is 2.01. The highest BCUT2D eigenvalue weighted by Gasteiger charge is 2.53. The predicted molar refractivity (Wildman–Crippen MR) is 113 cm³/mol. The number of hydrogen-bond donors (Lipinski definition) is 1. The van der Waals surface area contributed by atoms with Crippen LogP contribution in [-0.4, -0.2) is 48.2 Å². The molecule has 2 N–H and O–H groups in total. The molecule has 2 aliphatic heterocycles. The molecule has 152 valence electrons. The first kappa shape index (κ1) is 21.5. The maximum Gasteiger partial charge on any atom is 0.496 e. The van der Waals surface area contributed by atoms with Crippen molar-refractivity contribution in [3.63, 3.8) is 0 Å². The molecule has 1 aromatic rings. The lowest BCUT2D eigenvalue weighted by Crippen LogP contribution is -2.41. The maximum absolute atomic E-state index is 6.13. The fraction of sp³-hybridized carbons (Fsp3) is 0.650. The highest BCUT2D eigenvalue weighted by molar-refractivity contribution is 6.62. The molecule has 0 unspecified atom stereocenters. The number of nitrogens with two attached hydrogens (primary N) is 1. The summed E-state index contributed by atoms with van der Waals surface area (Å²) in [7, 11) is -0.931. The number of rotatable bonds is 4. The van der Waals surface area contributed by atoms with E-state index in [0.717, 1.165) is 16.5 Å². The Balaban J connectivity index is 1.84. The van der Waals surface area contributed by atoms with Crippen LogP contribution in [0.25, 0.3) is 6.08 Å². The summed E-state index contributed by atoms with van der Waals surface area (Å²) < 4.78 is 24.5. The summed E-state index contributed by atoms with van der Waals surface area (Å²) in [4.78, 5) is 4.37. The van der Waals surface area contributed by atoms with Crippen molar-refractivity contribution in [1.82, 2.24) is 4.98 Å². The van der Waals surface area contributed by atoms with Gasteiger partial charge in [-0.3, -0.25) is 4.98 Å². The molecule has 0 saturated carbocycles. The molecule has 0 radical (unpaired) electrons. The first-order valence-corrected chi connectivity index (χ1v) is 9.85. The average Bonchev–Trinajstić information content (AvgIpc) is 2.92. The highest BCUT2D eigenvalue weighted by atomic mass is 16.7. The van der Waals surface area contributed by atoms with E-state index in [0.29, 0.717) is 6.54 Å². The molecule has 6 nitrogen and oxygen atoms in total. The van der Waals surface area contributed by atoms with Gasteiger partial charge in [-0.05, 0) is 66.4 Å². The van der Waals surface area contributed by atoms with Crippen molar-refractivity contribution in [1.29, 1.82) is 0 Å². The van der Waals surface area contributed by atoms with Crippen LogP contribution in [-0.2, 0) is 18.6 Å². The molecule has 0 atom stereocenters. The van der Waals surface area contributed by atoms with Gasteiger partial charge in [0, 0.05) is 24.4 Å². The standard InChI is InChI=1S/C20H32B2N2O4/c1-17(2)18(3,4)26-21(25-17)15(11-23)9-14-10-16(13-24-12-14)22-27-19(5,6)20(7,8)28-22/h9-10,12-13H,11,23H2,1-8H3. The largest absolute Gasteiger partial charge is 0.496 e. The second-order valence-electron chi connectivity index (χ2n) is 9.65. The quantitative estimate of drug-likeness (QED) is 0.801. The lowest BCUT2D eigenvalue weighted by atomic mass is 9.76. The molecular formula is C20H32B2N2O4. The third-order valence-electron chi connectivity index (χ3n) is 6.45. The van der Waals surface area contributed by atoms with Crippen molar-refractivity contribution in [3.8, 4) is 0 Å². The minimum Gasteiger partial charge on any atom is -0.400 e. The summed E-state index contributed by atoms with van der Waals surface area (Å²) in [6.07, 6.45) is 5.54.